The molecule has 0 unspecified atom stereocenters. The van der Waals surface area contributed by atoms with Crippen LogP contribution < -0.4 is 10.2 Å². The number of fused-ring (bicyclic) bond motifs is 1. The molecule has 2 aliphatic heterocycles. The van der Waals surface area contributed by atoms with E-state index in [9.17, 15) is 18.0 Å². The van der Waals surface area contributed by atoms with Crippen LogP contribution in [0.5, 0.6) is 0 Å². The van der Waals surface area contributed by atoms with Gasteiger partial charge in [0.1, 0.15) is 17.0 Å². The van der Waals surface area contributed by atoms with Gasteiger partial charge in [0.05, 0.1) is 24.0 Å². The van der Waals surface area contributed by atoms with E-state index < -0.39 is 12.6 Å². The standard InChI is InChI=1S/C28H32F3N5O2S/c1-17-13-36(14-18(2)38-17)26(37)19-3-5-20(6-4-19)34-21-10-27(11-21)7-8-35(15-27)24-23-9-22(12-28(29,30)31)39-25(23)33-16-32-24/h3-6,9,16-18,21,34H,7-8,10-15H2,1-2H3/t17-,18+,21?,27?. The largest absolute Gasteiger partial charge is 0.393 e. The highest BCUT2D eigenvalue weighted by Gasteiger charge is 2.49. The quantitative estimate of drug-likeness (QED) is 0.444. The highest BCUT2D eigenvalue weighted by molar-refractivity contribution is 7.18. The number of nitrogens with zero attached hydrogens (tertiary/aromatic N) is 4. The van der Waals surface area contributed by atoms with Gasteiger partial charge in [0.25, 0.3) is 5.91 Å². The van der Waals surface area contributed by atoms with Gasteiger partial charge in [-0.05, 0) is 68.9 Å². The van der Waals surface area contributed by atoms with Crippen LogP contribution in [0.15, 0.2) is 36.7 Å². The van der Waals surface area contributed by atoms with Gasteiger partial charge in [-0.1, -0.05) is 0 Å². The van der Waals surface area contributed by atoms with Crippen LogP contribution in [0, 0.1) is 5.41 Å². The zero-order valence-corrected chi connectivity index (χ0v) is 22.8. The summed E-state index contributed by atoms with van der Waals surface area (Å²) in [4.78, 5) is 26.6. The molecular formula is C28H32F3N5O2S. The van der Waals surface area contributed by atoms with Crippen LogP contribution in [-0.4, -0.2) is 71.4 Å². The second kappa shape index (κ2) is 9.92. The van der Waals surface area contributed by atoms with Gasteiger partial charge >= 0.3 is 6.18 Å². The number of anilines is 2. The first-order chi connectivity index (χ1) is 18.6. The molecule has 2 aromatic heterocycles. The van der Waals surface area contributed by atoms with E-state index in [2.05, 4.69) is 20.2 Å². The fourth-order valence-electron chi connectivity index (χ4n) is 6.44. The summed E-state index contributed by atoms with van der Waals surface area (Å²) in [5.74, 6) is 0.773. The van der Waals surface area contributed by atoms with Crippen LogP contribution in [0.25, 0.3) is 10.2 Å². The molecule has 0 bridgehead atoms. The third-order valence-electron chi connectivity index (χ3n) is 8.04. The second-order valence-corrected chi connectivity index (χ2v) is 12.5. The number of amides is 1. The Morgan fingerprint density at radius 3 is 2.56 bits per heavy atom. The Morgan fingerprint density at radius 2 is 1.87 bits per heavy atom. The lowest BCUT2D eigenvalue weighted by molar-refractivity contribution is -0.126. The van der Waals surface area contributed by atoms with Crippen LogP contribution in [0.1, 0.15) is 48.3 Å². The Labute approximate surface area is 229 Å². The van der Waals surface area contributed by atoms with E-state index in [0.717, 1.165) is 55.2 Å². The van der Waals surface area contributed by atoms with Crippen LogP contribution in [0.4, 0.5) is 24.7 Å². The number of rotatable bonds is 5. The van der Waals surface area contributed by atoms with E-state index >= 15 is 0 Å². The molecule has 1 aromatic carbocycles. The van der Waals surface area contributed by atoms with Crippen LogP contribution in [-0.2, 0) is 11.2 Å². The number of carbonyl (C=O) groups excluding carboxylic acids is 1. The van der Waals surface area contributed by atoms with Gasteiger partial charge in [-0.3, -0.25) is 4.79 Å². The smallest absolute Gasteiger partial charge is 0.382 e. The maximum absolute atomic E-state index is 12.9. The summed E-state index contributed by atoms with van der Waals surface area (Å²) in [5.41, 5.74) is 1.86. The van der Waals surface area contributed by atoms with Crippen LogP contribution in [0.3, 0.4) is 0 Å². The third kappa shape index (κ3) is 5.56. The van der Waals surface area contributed by atoms with Gasteiger partial charge < -0.3 is 19.9 Å². The molecule has 3 fully saturated rings. The van der Waals surface area contributed by atoms with Crippen molar-refractivity contribution < 1.29 is 22.7 Å². The Morgan fingerprint density at radius 1 is 1.15 bits per heavy atom. The van der Waals surface area contributed by atoms with Crippen molar-refractivity contribution in [2.45, 2.75) is 64.0 Å². The highest BCUT2D eigenvalue weighted by Crippen LogP contribution is 2.50. The van der Waals surface area contributed by atoms with Crippen molar-refractivity contribution in [1.82, 2.24) is 14.9 Å². The van der Waals surface area contributed by atoms with E-state index in [1.165, 1.54) is 6.33 Å². The number of benzene rings is 1. The Hall–Kier alpha value is -2.92. The second-order valence-electron chi connectivity index (χ2n) is 11.4. The van der Waals surface area contributed by atoms with Crippen molar-refractivity contribution in [3.63, 3.8) is 0 Å². The zero-order valence-electron chi connectivity index (χ0n) is 22.0. The number of morpholine rings is 1. The normalized spacial score (nSPS) is 27.3. The average molecular weight is 560 g/mol. The maximum atomic E-state index is 12.9. The average Bonchev–Trinajstić information content (AvgIpc) is 3.46. The van der Waals surface area contributed by atoms with Gasteiger partial charge in [0.2, 0.25) is 0 Å². The number of hydrogen-bond acceptors (Lipinski definition) is 7. The van der Waals surface area contributed by atoms with Gasteiger partial charge in [0, 0.05) is 48.3 Å². The molecule has 2 atom stereocenters. The Kier molecular flexibility index (Phi) is 6.69. The predicted octanol–water partition coefficient (Wildman–Crippen LogP) is 5.52. The summed E-state index contributed by atoms with van der Waals surface area (Å²) in [6.07, 6.45) is -0.587. The summed E-state index contributed by atoms with van der Waals surface area (Å²) in [5, 5.41) is 4.32. The summed E-state index contributed by atoms with van der Waals surface area (Å²) in [6, 6.07) is 9.66. The highest BCUT2D eigenvalue weighted by atomic mass is 32.1. The molecule has 4 heterocycles. The van der Waals surface area contributed by atoms with Crippen molar-refractivity contribution in [3.8, 4) is 0 Å². The number of thiophene rings is 1. The van der Waals surface area contributed by atoms with Crippen molar-refractivity contribution in [3.05, 3.63) is 47.1 Å². The molecular weight excluding hydrogens is 527 g/mol. The molecule has 1 spiro atoms. The molecule has 1 N–H and O–H groups in total. The Bertz CT molecular complexity index is 1350. The minimum Gasteiger partial charge on any atom is -0.382 e. The summed E-state index contributed by atoms with van der Waals surface area (Å²) >= 11 is 1.09. The lowest BCUT2D eigenvalue weighted by Gasteiger charge is -2.46. The fourth-order valence-corrected chi connectivity index (χ4v) is 7.46. The number of aromatic nitrogens is 2. The molecule has 39 heavy (non-hydrogen) atoms. The lowest BCUT2D eigenvalue weighted by Crippen LogP contribution is -2.48. The molecule has 7 nitrogen and oxygen atoms in total. The fraction of sp³-hybridized carbons (Fsp3) is 0.536. The van der Waals surface area contributed by atoms with Crippen molar-refractivity contribution in [2.75, 3.05) is 36.4 Å². The molecule has 3 aliphatic rings. The SMILES string of the molecule is C[C@@H]1CN(C(=O)c2ccc(NC3CC4(CCN(c5ncnc6sc(CC(F)(F)F)cc56)C4)C3)cc2)C[C@H](C)O1. The molecule has 208 valence electrons. The first-order valence-electron chi connectivity index (χ1n) is 13.4. The third-order valence-corrected chi connectivity index (χ3v) is 9.08. The van der Waals surface area contributed by atoms with Gasteiger partial charge in [-0.25, -0.2) is 9.97 Å². The minimum absolute atomic E-state index is 0.0344. The number of alkyl halides is 3. The van der Waals surface area contributed by atoms with Gasteiger partial charge in [-0.15, -0.1) is 11.3 Å². The van der Waals surface area contributed by atoms with E-state index in [4.69, 9.17) is 4.74 Å². The monoisotopic (exact) mass is 559 g/mol. The first-order valence-corrected chi connectivity index (χ1v) is 14.2. The van der Waals surface area contributed by atoms with Gasteiger partial charge in [-0.2, -0.15) is 13.2 Å². The minimum atomic E-state index is -4.24. The van der Waals surface area contributed by atoms with Crippen LogP contribution >= 0.6 is 11.3 Å². The predicted molar refractivity (Wildman–Crippen MR) is 145 cm³/mol. The maximum Gasteiger partial charge on any atom is 0.393 e. The number of nitrogens with one attached hydrogen (secondary N) is 1. The summed E-state index contributed by atoms with van der Waals surface area (Å²) in [6.45, 7) is 6.85. The number of carbonyl (C=O) groups is 1. The van der Waals surface area contributed by atoms with E-state index in [0.29, 0.717) is 34.9 Å². The summed E-state index contributed by atoms with van der Waals surface area (Å²) < 4.78 is 44.5. The van der Waals surface area contributed by atoms with Crippen molar-refractivity contribution in [1.29, 1.82) is 0 Å². The summed E-state index contributed by atoms with van der Waals surface area (Å²) in [7, 11) is 0. The molecule has 3 aromatic rings. The molecule has 11 heteroatoms. The van der Waals surface area contributed by atoms with Crippen molar-refractivity contribution >= 4 is 39.0 Å². The van der Waals surface area contributed by atoms with Crippen molar-refractivity contribution in [2.24, 2.45) is 5.41 Å². The Balaban J connectivity index is 1.05. The first kappa shape index (κ1) is 26.3. The van der Waals surface area contributed by atoms with E-state index in [1.807, 2.05) is 43.0 Å². The molecule has 6 rings (SSSR count). The topological polar surface area (TPSA) is 70.6 Å². The van der Waals surface area contributed by atoms with E-state index in [1.54, 1.807) is 6.07 Å². The molecule has 1 saturated carbocycles. The molecule has 1 amide bonds. The van der Waals surface area contributed by atoms with Gasteiger partial charge in [0.15, 0.2) is 0 Å². The van der Waals surface area contributed by atoms with E-state index in [-0.39, 0.29) is 28.4 Å². The molecule has 0 radical (unpaired) electrons. The number of halogens is 3. The molecule has 2 saturated heterocycles. The number of ether oxygens (including phenoxy) is 1. The number of hydrogen-bond donors (Lipinski definition) is 1. The lowest BCUT2D eigenvalue weighted by atomic mass is 9.65. The zero-order chi connectivity index (χ0) is 27.4. The molecule has 1 aliphatic carbocycles. The van der Waals surface area contributed by atoms with Crippen LogP contribution in [0.2, 0.25) is 0 Å².